The van der Waals surface area contributed by atoms with Gasteiger partial charge in [-0.25, -0.2) is 0 Å². The second-order valence-corrected chi connectivity index (χ2v) is 7.09. The van der Waals surface area contributed by atoms with E-state index >= 15 is 0 Å². The van der Waals surface area contributed by atoms with Crippen LogP contribution in [0.3, 0.4) is 0 Å². The number of hydrogen-bond donors (Lipinski definition) is 1. The summed E-state index contributed by atoms with van der Waals surface area (Å²) in [4.78, 5) is 14.9. The van der Waals surface area contributed by atoms with E-state index in [1.807, 2.05) is 51.2 Å². The number of carbonyl (C=O) groups is 1. The number of nitrogens with zero attached hydrogens (tertiary/aromatic N) is 2. The fourth-order valence-corrected chi connectivity index (χ4v) is 3.03. The van der Waals surface area contributed by atoms with Crippen molar-refractivity contribution in [3.8, 4) is 5.75 Å². The molecule has 0 fully saturated rings. The standard InChI is InChI=1S/C23H27N3O3/c1-16(26(4)19-10-6-5-7-11-19)14-24-23(27)20-12-8-9-13-22(20)28-15-21-17(2)25-29-18(21)3/h5-13,16H,14-15H2,1-4H3,(H,24,27)/t16-/m1/s1. The first kappa shape index (κ1) is 20.5. The Hall–Kier alpha value is -3.28. The predicted octanol–water partition coefficient (Wildman–Crippen LogP) is 4.13. The summed E-state index contributed by atoms with van der Waals surface area (Å²) in [6.07, 6.45) is 0. The van der Waals surface area contributed by atoms with Crippen molar-refractivity contribution in [2.45, 2.75) is 33.4 Å². The summed E-state index contributed by atoms with van der Waals surface area (Å²) in [5.41, 5.74) is 3.31. The van der Waals surface area contributed by atoms with E-state index < -0.39 is 0 Å². The Morgan fingerprint density at radius 2 is 1.83 bits per heavy atom. The highest BCUT2D eigenvalue weighted by Crippen LogP contribution is 2.21. The van der Waals surface area contributed by atoms with Crippen LogP contribution in [0, 0.1) is 13.8 Å². The van der Waals surface area contributed by atoms with Crippen molar-refractivity contribution in [2.75, 3.05) is 18.5 Å². The molecule has 1 heterocycles. The molecule has 1 aromatic heterocycles. The minimum atomic E-state index is -0.160. The first-order valence-corrected chi connectivity index (χ1v) is 9.67. The van der Waals surface area contributed by atoms with Crippen LogP contribution >= 0.6 is 0 Å². The van der Waals surface area contributed by atoms with Gasteiger partial charge in [-0.15, -0.1) is 0 Å². The molecule has 3 rings (SSSR count). The van der Waals surface area contributed by atoms with Gasteiger partial charge in [-0.1, -0.05) is 35.5 Å². The van der Waals surface area contributed by atoms with Gasteiger partial charge in [-0.3, -0.25) is 4.79 Å². The van der Waals surface area contributed by atoms with Crippen LogP contribution in [0.4, 0.5) is 5.69 Å². The molecule has 0 spiro atoms. The van der Waals surface area contributed by atoms with Gasteiger partial charge < -0.3 is 19.5 Å². The number of rotatable bonds is 8. The topological polar surface area (TPSA) is 67.6 Å². The summed E-state index contributed by atoms with van der Waals surface area (Å²) in [5.74, 6) is 1.10. The molecule has 6 nitrogen and oxygen atoms in total. The van der Waals surface area contributed by atoms with Crippen molar-refractivity contribution in [2.24, 2.45) is 0 Å². The van der Waals surface area contributed by atoms with Gasteiger partial charge in [-0.2, -0.15) is 0 Å². The molecule has 0 unspecified atom stereocenters. The van der Waals surface area contributed by atoms with Gasteiger partial charge in [0.2, 0.25) is 0 Å². The van der Waals surface area contributed by atoms with Crippen molar-refractivity contribution in [3.63, 3.8) is 0 Å². The largest absolute Gasteiger partial charge is 0.488 e. The average Bonchev–Trinajstić information content (AvgIpc) is 3.07. The lowest BCUT2D eigenvalue weighted by molar-refractivity contribution is 0.0947. The Balaban J connectivity index is 1.62. The molecule has 29 heavy (non-hydrogen) atoms. The van der Waals surface area contributed by atoms with Crippen LogP contribution in [0.5, 0.6) is 5.75 Å². The molecule has 1 amide bonds. The smallest absolute Gasteiger partial charge is 0.255 e. The number of aryl methyl sites for hydroxylation is 2. The van der Waals surface area contributed by atoms with Gasteiger partial charge in [0.1, 0.15) is 18.1 Å². The first-order chi connectivity index (χ1) is 14.0. The van der Waals surface area contributed by atoms with Crippen LogP contribution in [0.15, 0.2) is 59.1 Å². The fraction of sp³-hybridized carbons (Fsp3) is 0.304. The average molecular weight is 393 g/mol. The minimum Gasteiger partial charge on any atom is -0.488 e. The normalized spacial score (nSPS) is 11.7. The number of nitrogens with one attached hydrogen (secondary N) is 1. The van der Waals surface area contributed by atoms with E-state index in [2.05, 4.69) is 34.4 Å². The quantitative estimate of drug-likeness (QED) is 0.623. The van der Waals surface area contributed by atoms with Crippen LogP contribution in [0.2, 0.25) is 0 Å². The van der Waals surface area contributed by atoms with Crippen molar-refractivity contribution in [1.29, 1.82) is 0 Å². The second kappa shape index (κ2) is 9.28. The van der Waals surface area contributed by atoms with E-state index in [9.17, 15) is 4.79 Å². The molecule has 1 N–H and O–H groups in total. The van der Waals surface area contributed by atoms with E-state index in [-0.39, 0.29) is 11.9 Å². The van der Waals surface area contributed by atoms with Crippen molar-refractivity contribution >= 4 is 11.6 Å². The number of hydrogen-bond acceptors (Lipinski definition) is 5. The number of benzene rings is 2. The van der Waals surface area contributed by atoms with Crippen LogP contribution < -0.4 is 15.0 Å². The number of likely N-dealkylation sites (N-methyl/N-ethyl adjacent to an activating group) is 1. The lowest BCUT2D eigenvalue weighted by Crippen LogP contribution is -2.40. The Kier molecular flexibility index (Phi) is 6.54. The molecule has 0 saturated carbocycles. The lowest BCUT2D eigenvalue weighted by Gasteiger charge is -2.27. The monoisotopic (exact) mass is 393 g/mol. The SMILES string of the molecule is Cc1noc(C)c1COc1ccccc1C(=O)NC[C@@H](C)N(C)c1ccccc1. The van der Waals surface area contributed by atoms with Crippen LogP contribution in [0.1, 0.15) is 34.3 Å². The zero-order valence-electron chi connectivity index (χ0n) is 17.3. The van der Waals surface area contributed by atoms with E-state index in [4.69, 9.17) is 9.26 Å². The molecule has 0 aliphatic carbocycles. The first-order valence-electron chi connectivity index (χ1n) is 9.67. The molecule has 0 saturated heterocycles. The molecule has 2 aromatic carbocycles. The van der Waals surface area contributed by atoms with Crippen molar-refractivity contribution in [3.05, 3.63) is 77.2 Å². The molecule has 0 aliphatic heterocycles. The third-order valence-corrected chi connectivity index (χ3v) is 5.07. The van der Waals surface area contributed by atoms with Crippen molar-refractivity contribution < 1.29 is 14.1 Å². The summed E-state index contributed by atoms with van der Waals surface area (Å²) in [7, 11) is 2.02. The fourth-order valence-electron chi connectivity index (χ4n) is 3.03. The molecule has 6 heteroatoms. The van der Waals surface area contributed by atoms with Gasteiger partial charge in [0, 0.05) is 25.3 Å². The molecule has 0 aliphatic rings. The van der Waals surface area contributed by atoms with E-state index in [0.29, 0.717) is 24.5 Å². The van der Waals surface area contributed by atoms with Gasteiger partial charge in [0.25, 0.3) is 5.91 Å². The zero-order valence-corrected chi connectivity index (χ0v) is 17.3. The molecule has 0 radical (unpaired) electrons. The molecule has 152 valence electrons. The van der Waals surface area contributed by atoms with Gasteiger partial charge in [0.05, 0.1) is 16.8 Å². The van der Waals surface area contributed by atoms with Gasteiger partial charge >= 0.3 is 0 Å². The highest BCUT2D eigenvalue weighted by molar-refractivity contribution is 5.96. The summed E-state index contributed by atoms with van der Waals surface area (Å²) < 4.78 is 11.1. The maximum atomic E-state index is 12.8. The summed E-state index contributed by atoms with van der Waals surface area (Å²) >= 11 is 0. The van der Waals surface area contributed by atoms with Crippen LogP contribution in [-0.4, -0.2) is 30.7 Å². The third kappa shape index (κ3) is 4.96. The molecule has 0 bridgehead atoms. The number of para-hydroxylation sites is 2. The van der Waals surface area contributed by atoms with E-state index in [1.54, 1.807) is 12.1 Å². The summed E-state index contributed by atoms with van der Waals surface area (Å²) in [6.45, 7) is 6.62. The molecule has 1 atom stereocenters. The number of aromatic nitrogens is 1. The second-order valence-electron chi connectivity index (χ2n) is 7.09. The molecule has 3 aromatic rings. The maximum absolute atomic E-state index is 12.8. The Morgan fingerprint density at radius 3 is 2.52 bits per heavy atom. The maximum Gasteiger partial charge on any atom is 0.255 e. The molecular weight excluding hydrogens is 366 g/mol. The number of ether oxygens (including phenoxy) is 1. The number of amides is 1. The predicted molar refractivity (Wildman–Crippen MR) is 113 cm³/mol. The van der Waals surface area contributed by atoms with Gasteiger partial charge in [0.15, 0.2) is 0 Å². The van der Waals surface area contributed by atoms with Crippen LogP contribution in [-0.2, 0) is 6.61 Å². The minimum absolute atomic E-state index is 0.136. The third-order valence-electron chi connectivity index (χ3n) is 5.07. The summed E-state index contributed by atoms with van der Waals surface area (Å²) in [5, 5.41) is 6.95. The Morgan fingerprint density at radius 1 is 1.14 bits per heavy atom. The Labute approximate surface area is 171 Å². The highest BCUT2D eigenvalue weighted by atomic mass is 16.5. The lowest BCUT2D eigenvalue weighted by atomic mass is 10.1. The Bertz CT molecular complexity index is 934. The van der Waals surface area contributed by atoms with E-state index in [0.717, 1.165) is 22.7 Å². The van der Waals surface area contributed by atoms with Gasteiger partial charge in [-0.05, 0) is 45.0 Å². The zero-order chi connectivity index (χ0) is 20.8. The summed E-state index contributed by atoms with van der Waals surface area (Å²) in [6, 6.07) is 17.5. The number of carbonyl (C=O) groups excluding carboxylic acids is 1. The van der Waals surface area contributed by atoms with E-state index in [1.165, 1.54) is 0 Å². The number of anilines is 1. The van der Waals surface area contributed by atoms with Crippen molar-refractivity contribution in [1.82, 2.24) is 10.5 Å². The molecular formula is C23H27N3O3. The highest BCUT2D eigenvalue weighted by Gasteiger charge is 2.16. The van der Waals surface area contributed by atoms with Crippen LogP contribution in [0.25, 0.3) is 0 Å².